The second kappa shape index (κ2) is 5.42. The van der Waals surface area contributed by atoms with Crippen molar-refractivity contribution in [3.63, 3.8) is 0 Å². The van der Waals surface area contributed by atoms with Crippen molar-refractivity contribution in [2.45, 2.75) is 0 Å². The average Bonchev–Trinajstić information content (AvgIpc) is 2.78. The molecule has 0 atom stereocenters. The number of rotatable bonds is 2. The van der Waals surface area contributed by atoms with E-state index in [9.17, 15) is 9.59 Å². The van der Waals surface area contributed by atoms with Crippen molar-refractivity contribution in [1.29, 1.82) is 0 Å². The van der Waals surface area contributed by atoms with Gasteiger partial charge in [-0.25, -0.2) is 9.59 Å². The lowest BCUT2D eigenvalue weighted by atomic mass is 10.3. The maximum absolute atomic E-state index is 11.9. The molecule has 1 saturated heterocycles. The molecule has 1 aromatic heterocycles. The van der Waals surface area contributed by atoms with E-state index in [1.54, 1.807) is 10.3 Å². The molecule has 2 N–H and O–H groups in total. The number of thiophene rings is 1. The average molecular weight is 272 g/mol. The van der Waals surface area contributed by atoms with Gasteiger partial charge in [0.05, 0.1) is 5.56 Å². The summed E-state index contributed by atoms with van der Waals surface area (Å²) in [5.74, 6) is 0.851. The lowest BCUT2D eigenvalue weighted by molar-refractivity contribution is 0.0698. The van der Waals surface area contributed by atoms with Crippen molar-refractivity contribution in [2.75, 3.05) is 29.9 Å². The lowest BCUT2D eigenvalue weighted by Gasteiger charge is -2.26. The zero-order valence-electron chi connectivity index (χ0n) is 9.01. The Bertz CT molecular complexity index is 427. The minimum Gasteiger partial charge on any atom is -0.478 e. The summed E-state index contributed by atoms with van der Waals surface area (Å²) in [5.41, 5.74) is 0.148. The standard InChI is InChI=1S/C10H12N2O3S2/c13-9(14)7-1-4-17-8(7)11-10(15)12-2-5-16-6-3-12/h1,4H,2-3,5-6H2,(H,11,15)(H,13,14). The molecular weight excluding hydrogens is 260 g/mol. The van der Waals surface area contributed by atoms with Crippen LogP contribution in [0.5, 0.6) is 0 Å². The first kappa shape index (κ1) is 12.3. The summed E-state index contributed by atoms with van der Waals surface area (Å²) in [5, 5.41) is 13.6. The van der Waals surface area contributed by atoms with E-state index >= 15 is 0 Å². The maximum Gasteiger partial charge on any atom is 0.338 e. The molecule has 0 aromatic carbocycles. The monoisotopic (exact) mass is 272 g/mol. The van der Waals surface area contributed by atoms with Gasteiger partial charge in [0.15, 0.2) is 0 Å². The van der Waals surface area contributed by atoms with Crippen LogP contribution in [0.15, 0.2) is 11.4 Å². The van der Waals surface area contributed by atoms with Crippen LogP contribution in [-0.2, 0) is 0 Å². The number of anilines is 1. The second-order valence-electron chi connectivity index (χ2n) is 3.50. The molecule has 0 saturated carbocycles. The van der Waals surface area contributed by atoms with Crippen molar-refractivity contribution in [2.24, 2.45) is 0 Å². The van der Waals surface area contributed by atoms with Crippen LogP contribution in [0.3, 0.4) is 0 Å². The molecule has 1 aliphatic rings. The fraction of sp³-hybridized carbons (Fsp3) is 0.400. The van der Waals surface area contributed by atoms with E-state index in [0.29, 0.717) is 18.1 Å². The van der Waals surface area contributed by atoms with Crippen LogP contribution in [0.1, 0.15) is 10.4 Å². The highest BCUT2D eigenvalue weighted by atomic mass is 32.2. The molecule has 7 heteroatoms. The molecule has 2 amide bonds. The van der Waals surface area contributed by atoms with Crippen molar-refractivity contribution in [3.8, 4) is 0 Å². The van der Waals surface area contributed by atoms with Crippen molar-refractivity contribution in [3.05, 3.63) is 17.0 Å². The van der Waals surface area contributed by atoms with Crippen molar-refractivity contribution in [1.82, 2.24) is 4.90 Å². The molecule has 0 aliphatic carbocycles. The molecule has 1 aromatic rings. The molecule has 0 spiro atoms. The summed E-state index contributed by atoms with van der Waals surface area (Å²) in [6.45, 7) is 1.43. The molecule has 1 aliphatic heterocycles. The lowest BCUT2D eigenvalue weighted by Crippen LogP contribution is -2.40. The molecule has 0 radical (unpaired) electrons. The minimum atomic E-state index is -1.02. The summed E-state index contributed by atoms with van der Waals surface area (Å²) in [6.07, 6.45) is 0. The molecular formula is C10H12N2O3S2. The highest BCUT2D eigenvalue weighted by Crippen LogP contribution is 2.23. The maximum atomic E-state index is 11.9. The van der Waals surface area contributed by atoms with Gasteiger partial charge in [0.25, 0.3) is 0 Å². The fourth-order valence-corrected chi connectivity index (χ4v) is 3.19. The summed E-state index contributed by atoms with van der Waals surface area (Å²) >= 11 is 3.04. The van der Waals surface area contributed by atoms with Gasteiger partial charge in [0.2, 0.25) is 0 Å². The minimum absolute atomic E-state index is 0.148. The van der Waals surface area contributed by atoms with Gasteiger partial charge in [-0.1, -0.05) is 0 Å². The topological polar surface area (TPSA) is 69.6 Å². The third kappa shape index (κ3) is 2.92. The van der Waals surface area contributed by atoms with E-state index in [4.69, 9.17) is 5.11 Å². The number of nitrogens with zero attached hydrogens (tertiary/aromatic N) is 1. The molecule has 2 rings (SSSR count). The van der Waals surface area contributed by atoms with Gasteiger partial charge in [-0.3, -0.25) is 5.32 Å². The van der Waals surface area contributed by atoms with E-state index < -0.39 is 5.97 Å². The van der Waals surface area contributed by atoms with E-state index in [1.165, 1.54) is 17.4 Å². The molecule has 5 nitrogen and oxygen atoms in total. The molecule has 2 heterocycles. The van der Waals surface area contributed by atoms with E-state index in [0.717, 1.165) is 11.5 Å². The highest BCUT2D eigenvalue weighted by molar-refractivity contribution is 7.99. The number of urea groups is 1. The molecule has 0 bridgehead atoms. The number of amides is 2. The number of thioether (sulfide) groups is 1. The number of carbonyl (C=O) groups is 2. The first-order valence-electron chi connectivity index (χ1n) is 5.13. The van der Waals surface area contributed by atoms with E-state index in [1.807, 2.05) is 11.8 Å². The van der Waals surface area contributed by atoms with Crippen LogP contribution >= 0.6 is 23.1 Å². The number of hydrogen-bond acceptors (Lipinski definition) is 4. The molecule has 17 heavy (non-hydrogen) atoms. The van der Waals surface area contributed by atoms with Crippen LogP contribution in [0.2, 0.25) is 0 Å². The van der Waals surface area contributed by atoms with E-state index in [-0.39, 0.29) is 11.6 Å². The third-order valence-electron chi connectivity index (χ3n) is 2.41. The Kier molecular flexibility index (Phi) is 3.90. The predicted octanol–water partition coefficient (Wildman–Crippen LogP) is 2.03. The van der Waals surface area contributed by atoms with Gasteiger partial charge in [0, 0.05) is 24.6 Å². The second-order valence-corrected chi connectivity index (χ2v) is 5.64. The Hall–Kier alpha value is -1.21. The number of aromatic carboxylic acids is 1. The number of nitrogens with one attached hydrogen (secondary N) is 1. The van der Waals surface area contributed by atoms with Crippen LogP contribution < -0.4 is 5.32 Å². The number of hydrogen-bond donors (Lipinski definition) is 2. The SMILES string of the molecule is O=C(O)c1ccsc1NC(=O)N1CCSCC1. The Morgan fingerprint density at radius 2 is 2.06 bits per heavy atom. The van der Waals surface area contributed by atoms with Gasteiger partial charge < -0.3 is 10.0 Å². The predicted molar refractivity (Wildman–Crippen MR) is 69.2 cm³/mol. The fourth-order valence-electron chi connectivity index (χ4n) is 1.52. The molecule has 92 valence electrons. The summed E-state index contributed by atoms with van der Waals surface area (Å²) in [7, 11) is 0. The summed E-state index contributed by atoms with van der Waals surface area (Å²) < 4.78 is 0. The van der Waals surface area contributed by atoms with E-state index in [2.05, 4.69) is 5.32 Å². The smallest absolute Gasteiger partial charge is 0.338 e. The van der Waals surface area contributed by atoms with Crippen LogP contribution in [0.25, 0.3) is 0 Å². The molecule has 0 unspecified atom stereocenters. The first-order valence-corrected chi connectivity index (χ1v) is 7.16. The first-order chi connectivity index (χ1) is 8.18. The number of carboxylic acids is 1. The Balaban J connectivity index is 2.02. The van der Waals surface area contributed by atoms with Gasteiger partial charge >= 0.3 is 12.0 Å². The normalized spacial score (nSPS) is 15.6. The van der Waals surface area contributed by atoms with Crippen LogP contribution in [0.4, 0.5) is 9.80 Å². The highest BCUT2D eigenvalue weighted by Gasteiger charge is 2.19. The van der Waals surface area contributed by atoms with Gasteiger partial charge in [-0.15, -0.1) is 11.3 Å². The Morgan fingerprint density at radius 1 is 1.35 bits per heavy atom. The van der Waals surface area contributed by atoms with Gasteiger partial charge in [-0.05, 0) is 11.4 Å². The van der Waals surface area contributed by atoms with Crippen molar-refractivity contribution < 1.29 is 14.7 Å². The number of carbonyl (C=O) groups excluding carboxylic acids is 1. The summed E-state index contributed by atoms with van der Waals surface area (Å²) in [6, 6.07) is 1.28. The molecule has 1 fully saturated rings. The van der Waals surface area contributed by atoms with Crippen LogP contribution in [0, 0.1) is 0 Å². The van der Waals surface area contributed by atoms with Crippen molar-refractivity contribution >= 4 is 40.1 Å². The van der Waals surface area contributed by atoms with Crippen LogP contribution in [-0.4, -0.2) is 46.6 Å². The number of carboxylic acid groups (broad SMARTS) is 1. The third-order valence-corrected chi connectivity index (χ3v) is 4.19. The largest absolute Gasteiger partial charge is 0.478 e. The zero-order valence-corrected chi connectivity index (χ0v) is 10.6. The Labute approximate surface area is 107 Å². The zero-order chi connectivity index (χ0) is 12.3. The quantitative estimate of drug-likeness (QED) is 0.864. The van der Waals surface area contributed by atoms with Gasteiger partial charge in [0.1, 0.15) is 5.00 Å². The Morgan fingerprint density at radius 3 is 2.71 bits per heavy atom. The van der Waals surface area contributed by atoms with Gasteiger partial charge in [-0.2, -0.15) is 11.8 Å². The summed E-state index contributed by atoms with van der Waals surface area (Å²) in [4.78, 5) is 24.4.